The van der Waals surface area contributed by atoms with Crippen molar-refractivity contribution in [2.24, 2.45) is 0 Å². The highest BCUT2D eigenvalue weighted by Crippen LogP contribution is 2.47. The third-order valence-corrected chi connectivity index (χ3v) is 5.43. The van der Waals surface area contributed by atoms with Crippen LogP contribution >= 0.6 is 7.60 Å². The standard InChI is InChI=1S/C7H17F2O4PSi/c1-4-13-15(8,9)7-5-6-14(10,11-2)12-3/h4-7H2,1-3H3. The molecule has 0 unspecified atom stereocenters. The van der Waals surface area contributed by atoms with E-state index in [9.17, 15) is 12.8 Å². The largest absolute Gasteiger partial charge is 0.577 e. The van der Waals surface area contributed by atoms with Crippen LogP contribution in [0.1, 0.15) is 13.3 Å². The Bertz CT molecular complexity index is 219. The lowest BCUT2D eigenvalue weighted by molar-refractivity contribution is 0.235. The average Bonchev–Trinajstić information content (AvgIpc) is 2.17. The second-order valence-corrected chi connectivity index (χ2v) is 7.34. The fraction of sp³-hybridized carbons (Fsp3) is 1.00. The lowest BCUT2D eigenvalue weighted by atomic mass is 10.6. The van der Waals surface area contributed by atoms with Gasteiger partial charge in [0.05, 0.1) is 6.16 Å². The van der Waals surface area contributed by atoms with E-state index in [1.54, 1.807) is 0 Å². The van der Waals surface area contributed by atoms with E-state index < -0.39 is 16.6 Å². The molecule has 0 heterocycles. The lowest BCUT2D eigenvalue weighted by Crippen LogP contribution is -2.27. The Labute approximate surface area is 89.9 Å². The molecule has 4 nitrogen and oxygen atoms in total. The third-order valence-electron chi connectivity index (χ3n) is 1.81. The summed E-state index contributed by atoms with van der Waals surface area (Å²) in [6, 6.07) is -0.350. The van der Waals surface area contributed by atoms with Crippen molar-refractivity contribution < 1.29 is 26.3 Å². The quantitative estimate of drug-likeness (QED) is 0.383. The van der Waals surface area contributed by atoms with E-state index in [0.717, 1.165) is 0 Å². The highest BCUT2D eigenvalue weighted by molar-refractivity contribution is 7.53. The minimum absolute atomic E-state index is 0.00430. The monoisotopic (exact) mass is 262 g/mol. The van der Waals surface area contributed by atoms with Crippen LogP contribution in [0, 0.1) is 0 Å². The van der Waals surface area contributed by atoms with Gasteiger partial charge in [0.2, 0.25) is 0 Å². The molecule has 0 rings (SSSR count). The molecular weight excluding hydrogens is 245 g/mol. The highest BCUT2D eigenvalue weighted by Gasteiger charge is 2.38. The van der Waals surface area contributed by atoms with Gasteiger partial charge in [-0.1, -0.05) is 0 Å². The molecule has 0 fully saturated rings. The van der Waals surface area contributed by atoms with Crippen LogP contribution in [-0.2, 0) is 18.0 Å². The molecule has 0 N–H and O–H groups in total. The van der Waals surface area contributed by atoms with Gasteiger partial charge < -0.3 is 13.5 Å². The van der Waals surface area contributed by atoms with Gasteiger partial charge in [0.25, 0.3) is 0 Å². The second-order valence-electron chi connectivity index (χ2n) is 2.87. The summed E-state index contributed by atoms with van der Waals surface area (Å²) in [4.78, 5) is 0. The van der Waals surface area contributed by atoms with Gasteiger partial charge in [-0.05, 0) is 13.3 Å². The zero-order valence-corrected chi connectivity index (χ0v) is 11.1. The van der Waals surface area contributed by atoms with E-state index in [0.29, 0.717) is 0 Å². The fourth-order valence-electron chi connectivity index (χ4n) is 1.02. The van der Waals surface area contributed by atoms with Crippen LogP contribution in [0.4, 0.5) is 8.22 Å². The Balaban J connectivity index is 3.92. The number of halogens is 2. The summed E-state index contributed by atoms with van der Waals surface area (Å²) >= 11 is 0. The highest BCUT2D eigenvalue weighted by atomic mass is 31.2. The maximum atomic E-state index is 13.0. The smallest absolute Gasteiger partial charge is 0.368 e. The van der Waals surface area contributed by atoms with E-state index in [1.165, 1.54) is 21.1 Å². The van der Waals surface area contributed by atoms with Crippen molar-refractivity contribution in [2.75, 3.05) is 27.0 Å². The molecule has 0 aliphatic heterocycles. The zero-order chi connectivity index (χ0) is 11.9. The first-order valence-electron chi connectivity index (χ1n) is 4.61. The molecule has 15 heavy (non-hydrogen) atoms. The van der Waals surface area contributed by atoms with Crippen LogP contribution in [0.25, 0.3) is 0 Å². The molecule has 92 valence electrons. The molecule has 0 spiro atoms. The van der Waals surface area contributed by atoms with Crippen LogP contribution in [0.15, 0.2) is 0 Å². The Morgan fingerprint density at radius 2 is 1.80 bits per heavy atom. The van der Waals surface area contributed by atoms with Gasteiger partial charge in [-0.25, -0.2) is 8.22 Å². The predicted octanol–water partition coefficient (Wildman–Crippen LogP) is 2.78. The Hall–Kier alpha value is 0.187. The summed E-state index contributed by atoms with van der Waals surface area (Å²) in [5.74, 6) is 0. The average molecular weight is 262 g/mol. The third kappa shape index (κ3) is 6.37. The minimum atomic E-state index is -4.56. The van der Waals surface area contributed by atoms with Gasteiger partial charge in [-0.2, -0.15) is 0 Å². The van der Waals surface area contributed by atoms with Gasteiger partial charge >= 0.3 is 16.6 Å². The van der Waals surface area contributed by atoms with Gasteiger partial charge in [-0.15, -0.1) is 0 Å². The van der Waals surface area contributed by atoms with Gasteiger partial charge in [-0.3, -0.25) is 4.57 Å². The molecule has 0 saturated carbocycles. The Morgan fingerprint density at radius 3 is 2.20 bits per heavy atom. The molecule has 0 bridgehead atoms. The van der Waals surface area contributed by atoms with E-state index in [1.807, 2.05) is 0 Å². The van der Waals surface area contributed by atoms with Crippen LogP contribution in [-0.4, -0.2) is 36.0 Å². The van der Waals surface area contributed by atoms with Crippen molar-refractivity contribution in [1.82, 2.24) is 0 Å². The van der Waals surface area contributed by atoms with Crippen molar-refractivity contribution in [3.05, 3.63) is 0 Å². The van der Waals surface area contributed by atoms with Crippen molar-refractivity contribution in [2.45, 2.75) is 19.4 Å². The summed E-state index contributed by atoms with van der Waals surface area (Å²) < 4.78 is 51.0. The first-order valence-corrected chi connectivity index (χ1v) is 8.21. The predicted molar refractivity (Wildman–Crippen MR) is 55.5 cm³/mol. The molecule has 0 radical (unpaired) electrons. The van der Waals surface area contributed by atoms with E-state index in [2.05, 4.69) is 13.5 Å². The van der Waals surface area contributed by atoms with Gasteiger partial charge in [0, 0.05) is 26.9 Å². The first-order chi connectivity index (χ1) is 6.89. The Kier molecular flexibility index (Phi) is 6.78. The molecule has 0 amide bonds. The molecule has 0 aromatic rings. The van der Waals surface area contributed by atoms with Crippen LogP contribution in [0.5, 0.6) is 0 Å². The Morgan fingerprint density at radius 1 is 1.27 bits per heavy atom. The van der Waals surface area contributed by atoms with Gasteiger partial charge in [0.15, 0.2) is 0 Å². The topological polar surface area (TPSA) is 44.8 Å². The SMILES string of the molecule is CCO[Si](F)(F)CCCP(=O)(OC)OC. The van der Waals surface area contributed by atoms with Crippen LogP contribution in [0.3, 0.4) is 0 Å². The van der Waals surface area contributed by atoms with E-state index >= 15 is 0 Å². The van der Waals surface area contributed by atoms with Crippen LogP contribution < -0.4 is 0 Å². The molecule has 0 aromatic heterocycles. The maximum Gasteiger partial charge on any atom is 0.577 e. The summed E-state index contributed by atoms with van der Waals surface area (Å²) in [7, 11) is -5.24. The van der Waals surface area contributed by atoms with Crippen molar-refractivity contribution in [3.63, 3.8) is 0 Å². The van der Waals surface area contributed by atoms with E-state index in [4.69, 9.17) is 0 Å². The molecular formula is C7H17F2O4PSi. The van der Waals surface area contributed by atoms with Gasteiger partial charge in [0.1, 0.15) is 0 Å². The first kappa shape index (κ1) is 15.2. The fourth-order valence-corrected chi connectivity index (χ4v) is 3.53. The molecule has 0 aliphatic rings. The molecule has 0 saturated heterocycles. The molecule has 0 aromatic carbocycles. The number of hydrogen-bond acceptors (Lipinski definition) is 4. The molecule has 8 heteroatoms. The second kappa shape index (κ2) is 6.70. The van der Waals surface area contributed by atoms with Crippen molar-refractivity contribution in [1.29, 1.82) is 0 Å². The number of rotatable bonds is 8. The zero-order valence-electron chi connectivity index (χ0n) is 9.16. The number of hydrogen-bond donors (Lipinski definition) is 0. The molecule has 0 aliphatic carbocycles. The maximum absolute atomic E-state index is 13.0. The minimum Gasteiger partial charge on any atom is -0.368 e. The van der Waals surface area contributed by atoms with Crippen molar-refractivity contribution in [3.8, 4) is 0 Å². The van der Waals surface area contributed by atoms with Crippen molar-refractivity contribution >= 4 is 16.6 Å². The summed E-state index contributed by atoms with van der Waals surface area (Å²) in [5, 5.41) is 0. The normalized spacial score (nSPS) is 13.1. The molecule has 0 atom stereocenters. The van der Waals surface area contributed by atoms with E-state index in [-0.39, 0.29) is 25.2 Å². The van der Waals surface area contributed by atoms with Crippen LogP contribution in [0.2, 0.25) is 6.04 Å². The summed E-state index contributed by atoms with van der Waals surface area (Å²) in [5.41, 5.74) is 0. The summed E-state index contributed by atoms with van der Waals surface area (Å²) in [6.45, 7) is 1.53. The lowest BCUT2D eigenvalue weighted by Gasteiger charge is -2.15. The summed E-state index contributed by atoms with van der Waals surface area (Å²) in [6.07, 6.45) is 0.0772.